The number of halogens is 1. The lowest BCUT2D eigenvalue weighted by atomic mass is 10.1. The fourth-order valence-electron chi connectivity index (χ4n) is 2.85. The van der Waals surface area contributed by atoms with Crippen LogP contribution in [-0.2, 0) is 0 Å². The molecule has 1 aromatic heterocycles. The Morgan fingerprint density at radius 1 is 1.14 bits per heavy atom. The zero-order valence-corrected chi connectivity index (χ0v) is 13.3. The lowest BCUT2D eigenvalue weighted by Crippen LogP contribution is -2.40. The second kappa shape index (κ2) is 6.52. The quantitative estimate of drug-likeness (QED) is 0.668. The molecule has 0 spiro atoms. The minimum absolute atomic E-state index is 0.0579. The van der Waals surface area contributed by atoms with Gasteiger partial charge >= 0.3 is 0 Å². The molecule has 1 aliphatic rings. The normalized spacial score (nSPS) is 22.7. The molecule has 110 valence electrons. The second-order valence-corrected chi connectivity index (χ2v) is 6.64. The largest absolute Gasteiger partial charge is 0.348 e. The molecule has 2 unspecified atom stereocenters. The number of carbonyl (C=O) groups excluding carboxylic acids is 1. The SMILES string of the molecule is O=C(NC1CCCCCC1Br)c1cccc2nccnc12. The first-order valence-corrected chi connectivity index (χ1v) is 8.32. The number of aromatic nitrogens is 2. The molecule has 0 radical (unpaired) electrons. The fraction of sp³-hybridized carbons (Fsp3) is 0.438. The molecule has 1 amide bonds. The van der Waals surface area contributed by atoms with E-state index >= 15 is 0 Å². The van der Waals surface area contributed by atoms with Crippen LogP contribution in [0.15, 0.2) is 30.6 Å². The summed E-state index contributed by atoms with van der Waals surface area (Å²) in [7, 11) is 0. The fourth-order valence-corrected chi connectivity index (χ4v) is 3.57. The van der Waals surface area contributed by atoms with Crippen molar-refractivity contribution in [3.8, 4) is 0 Å². The van der Waals surface area contributed by atoms with Crippen molar-refractivity contribution in [1.29, 1.82) is 0 Å². The molecule has 1 aromatic carbocycles. The Balaban J connectivity index is 1.83. The minimum atomic E-state index is -0.0579. The molecule has 1 saturated carbocycles. The first-order valence-electron chi connectivity index (χ1n) is 7.40. The summed E-state index contributed by atoms with van der Waals surface area (Å²) in [6.07, 6.45) is 9.04. The Hall–Kier alpha value is -1.49. The molecule has 0 aliphatic heterocycles. The van der Waals surface area contributed by atoms with Crippen LogP contribution in [0.1, 0.15) is 42.5 Å². The number of nitrogens with zero attached hydrogens (tertiary/aromatic N) is 2. The van der Waals surface area contributed by atoms with E-state index in [9.17, 15) is 4.79 Å². The molecule has 3 rings (SSSR count). The van der Waals surface area contributed by atoms with Gasteiger partial charge in [0.15, 0.2) is 0 Å². The van der Waals surface area contributed by atoms with Crippen molar-refractivity contribution in [2.24, 2.45) is 0 Å². The molecule has 2 aromatic rings. The molecular weight excluding hydrogens is 330 g/mol. The Morgan fingerprint density at radius 3 is 2.86 bits per heavy atom. The van der Waals surface area contributed by atoms with E-state index in [0.717, 1.165) is 18.4 Å². The van der Waals surface area contributed by atoms with Crippen molar-refractivity contribution in [1.82, 2.24) is 15.3 Å². The van der Waals surface area contributed by atoms with Gasteiger partial charge in [0.05, 0.1) is 11.1 Å². The number of hydrogen-bond donors (Lipinski definition) is 1. The average Bonchev–Trinajstić information content (AvgIpc) is 2.71. The van der Waals surface area contributed by atoms with E-state index < -0.39 is 0 Å². The van der Waals surface area contributed by atoms with Gasteiger partial charge in [-0.1, -0.05) is 41.3 Å². The number of alkyl halides is 1. The highest BCUT2D eigenvalue weighted by Crippen LogP contribution is 2.24. The van der Waals surface area contributed by atoms with Crippen LogP contribution in [0.2, 0.25) is 0 Å². The molecule has 1 heterocycles. The summed E-state index contributed by atoms with van der Waals surface area (Å²) < 4.78 is 0. The first-order chi connectivity index (χ1) is 10.3. The van der Waals surface area contributed by atoms with Crippen molar-refractivity contribution < 1.29 is 4.79 Å². The predicted molar refractivity (Wildman–Crippen MR) is 86.6 cm³/mol. The van der Waals surface area contributed by atoms with Crippen LogP contribution >= 0.6 is 15.9 Å². The Kier molecular flexibility index (Phi) is 4.48. The second-order valence-electron chi connectivity index (χ2n) is 5.46. The molecule has 0 bridgehead atoms. The Bertz CT molecular complexity index is 641. The number of fused-ring (bicyclic) bond motifs is 1. The van der Waals surface area contributed by atoms with Gasteiger partial charge in [-0.05, 0) is 25.0 Å². The van der Waals surface area contributed by atoms with E-state index in [1.807, 2.05) is 18.2 Å². The molecule has 1 N–H and O–H groups in total. The van der Waals surface area contributed by atoms with E-state index in [1.54, 1.807) is 12.4 Å². The first kappa shape index (κ1) is 14.4. The van der Waals surface area contributed by atoms with Gasteiger partial charge in [0.1, 0.15) is 5.52 Å². The summed E-state index contributed by atoms with van der Waals surface area (Å²) in [6.45, 7) is 0. The van der Waals surface area contributed by atoms with Crippen LogP contribution in [0.5, 0.6) is 0 Å². The van der Waals surface area contributed by atoms with Gasteiger partial charge in [0, 0.05) is 23.3 Å². The maximum atomic E-state index is 12.6. The molecule has 1 fully saturated rings. The molecular formula is C16H18BrN3O. The van der Waals surface area contributed by atoms with Gasteiger partial charge < -0.3 is 5.32 Å². The van der Waals surface area contributed by atoms with Crippen molar-refractivity contribution in [3.63, 3.8) is 0 Å². The number of para-hydroxylation sites is 1. The predicted octanol–water partition coefficient (Wildman–Crippen LogP) is 3.46. The van der Waals surface area contributed by atoms with Crippen LogP contribution in [0.3, 0.4) is 0 Å². The van der Waals surface area contributed by atoms with E-state index in [0.29, 0.717) is 15.9 Å². The molecule has 21 heavy (non-hydrogen) atoms. The van der Waals surface area contributed by atoms with Crippen molar-refractivity contribution >= 4 is 32.9 Å². The number of benzene rings is 1. The third-order valence-corrected chi connectivity index (χ3v) is 5.09. The van der Waals surface area contributed by atoms with Crippen molar-refractivity contribution in [3.05, 3.63) is 36.2 Å². The zero-order valence-electron chi connectivity index (χ0n) is 11.8. The smallest absolute Gasteiger partial charge is 0.253 e. The van der Waals surface area contributed by atoms with Crippen LogP contribution in [0.25, 0.3) is 11.0 Å². The van der Waals surface area contributed by atoms with E-state index in [4.69, 9.17) is 0 Å². The molecule has 4 nitrogen and oxygen atoms in total. The van der Waals surface area contributed by atoms with Crippen LogP contribution < -0.4 is 5.32 Å². The van der Waals surface area contributed by atoms with Gasteiger partial charge in [0.25, 0.3) is 5.91 Å². The summed E-state index contributed by atoms with van der Waals surface area (Å²) in [5, 5.41) is 3.16. The highest BCUT2D eigenvalue weighted by molar-refractivity contribution is 9.09. The molecule has 0 saturated heterocycles. The van der Waals surface area contributed by atoms with Crippen molar-refractivity contribution in [2.45, 2.75) is 43.0 Å². The number of carbonyl (C=O) groups is 1. The summed E-state index contributed by atoms with van der Waals surface area (Å²) in [5.74, 6) is -0.0579. The Morgan fingerprint density at radius 2 is 1.95 bits per heavy atom. The summed E-state index contributed by atoms with van der Waals surface area (Å²) >= 11 is 3.71. The molecule has 2 atom stereocenters. The number of nitrogens with one attached hydrogen (secondary N) is 1. The average molecular weight is 348 g/mol. The third kappa shape index (κ3) is 3.23. The number of rotatable bonds is 2. The molecule has 1 aliphatic carbocycles. The Labute approximate surface area is 132 Å². The highest BCUT2D eigenvalue weighted by atomic mass is 79.9. The van der Waals surface area contributed by atoms with Gasteiger partial charge in [-0.3, -0.25) is 14.8 Å². The number of hydrogen-bond acceptors (Lipinski definition) is 3. The maximum Gasteiger partial charge on any atom is 0.253 e. The third-order valence-electron chi connectivity index (χ3n) is 3.99. The van der Waals surface area contributed by atoms with Crippen LogP contribution in [0.4, 0.5) is 0 Å². The highest BCUT2D eigenvalue weighted by Gasteiger charge is 2.24. The summed E-state index contributed by atoms with van der Waals surface area (Å²) in [4.78, 5) is 21.5. The maximum absolute atomic E-state index is 12.6. The van der Waals surface area contributed by atoms with E-state index in [-0.39, 0.29) is 11.9 Å². The van der Waals surface area contributed by atoms with Crippen LogP contribution in [0, 0.1) is 0 Å². The monoisotopic (exact) mass is 347 g/mol. The topological polar surface area (TPSA) is 54.9 Å². The summed E-state index contributed by atoms with van der Waals surface area (Å²) in [6, 6.07) is 5.72. The number of amides is 1. The summed E-state index contributed by atoms with van der Waals surface area (Å²) in [5.41, 5.74) is 2.02. The van der Waals surface area contributed by atoms with E-state index in [1.165, 1.54) is 19.3 Å². The molecule has 5 heteroatoms. The lowest BCUT2D eigenvalue weighted by Gasteiger charge is -2.21. The van der Waals surface area contributed by atoms with Gasteiger partial charge in [-0.15, -0.1) is 0 Å². The lowest BCUT2D eigenvalue weighted by molar-refractivity contribution is 0.0936. The van der Waals surface area contributed by atoms with Gasteiger partial charge in [0.2, 0.25) is 0 Å². The van der Waals surface area contributed by atoms with Gasteiger partial charge in [-0.2, -0.15) is 0 Å². The van der Waals surface area contributed by atoms with E-state index in [2.05, 4.69) is 31.2 Å². The standard InChI is InChI=1S/C16H18BrN3O/c17-12-6-2-1-3-7-13(12)20-16(21)11-5-4-8-14-15(11)19-10-9-18-14/h4-5,8-10,12-13H,1-3,6-7H2,(H,20,21). The zero-order chi connectivity index (χ0) is 14.7. The minimum Gasteiger partial charge on any atom is -0.348 e. The van der Waals surface area contributed by atoms with Gasteiger partial charge in [-0.25, -0.2) is 0 Å². The van der Waals surface area contributed by atoms with Crippen molar-refractivity contribution in [2.75, 3.05) is 0 Å². The van der Waals surface area contributed by atoms with Crippen LogP contribution in [-0.4, -0.2) is 26.7 Å².